The van der Waals surface area contributed by atoms with Crippen molar-refractivity contribution in [2.45, 2.75) is 35.3 Å². The maximum Gasteiger partial charge on any atom is 0.384 e. The topological polar surface area (TPSA) is 59.3 Å². The molecule has 0 atom stereocenters. The Morgan fingerprint density at radius 2 is 0.925 bits per heavy atom. The third-order valence-corrected chi connectivity index (χ3v) is 6.00. The van der Waals surface area contributed by atoms with E-state index < -0.39 is 108 Å². The lowest BCUT2D eigenvalue weighted by Crippen LogP contribution is -2.82. The lowest BCUT2D eigenvalue weighted by atomic mass is 9.70. The molecule has 4 nitrogen and oxygen atoms in total. The molecule has 0 saturated heterocycles. The molecule has 22 heteroatoms. The fourth-order valence-electron chi connectivity index (χ4n) is 3.63. The number of aromatic nitrogens is 1. The molecule has 0 bridgehead atoms. The summed E-state index contributed by atoms with van der Waals surface area (Å²) in [7, 11) is 0. The molecule has 40 heavy (non-hydrogen) atoms. The Bertz CT molecular complexity index is 1470. The molecule has 0 aliphatic heterocycles. The Balaban J connectivity index is 2.83. The van der Waals surface area contributed by atoms with Gasteiger partial charge < -0.3 is 5.11 Å². The first-order valence-corrected chi connectivity index (χ1v) is 9.58. The van der Waals surface area contributed by atoms with Gasteiger partial charge in [-0.3, -0.25) is 9.36 Å². The summed E-state index contributed by atoms with van der Waals surface area (Å²) in [5.41, 5.74) is -21.3. The smallest absolute Gasteiger partial charge is 0.384 e. The fourth-order valence-corrected chi connectivity index (χ4v) is 3.94. The summed E-state index contributed by atoms with van der Waals surface area (Å²) >= 11 is 4.93. The van der Waals surface area contributed by atoms with E-state index in [0.29, 0.717) is 0 Å². The average molecular weight is 638 g/mol. The zero-order valence-electron chi connectivity index (χ0n) is 17.5. The Morgan fingerprint density at radius 1 is 0.600 bits per heavy atom. The summed E-state index contributed by atoms with van der Waals surface area (Å²) in [5, 5.41) is 5.68. The van der Waals surface area contributed by atoms with Crippen molar-refractivity contribution in [3.8, 4) is 5.69 Å². The van der Waals surface area contributed by atoms with E-state index >= 15 is 4.39 Å². The maximum atomic E-state index is 15.8. The number of carboxylic acids is 1. The zero-order valence-corrected chi connectivity index (χ0v) is 18.3. The standard InChI is InChI=1S/C18HClF17NO3/c19-2-3(20)1(12(39)40)11(38)37(9-7(24)5(22)4(21)6(23)8(9)25)10(2)13(26)14(27,28)16(31,32)18(35,36)17(33,34)15(13,29)30/h(H,39,40). The minimum absolute atomic E-state index is 2.18. The lowest BCUT2D eigenvalue weighted by molar-refractivity contribution is -0.490. The highest BCUT2D eigenvalue weighted by molar-refractivity contribution is 6.32. The summed E-state index contributed by atoms with van der Waals surface area (Å²) in [6.45, 7) is 0. The second kappa shape index (κ2) is 8.38. The van der Waals surface area contributed by atoms with Crippen LogP contribution in [0.2, 0.25) is 5.02 Å². The summed E-state index contributed by atoms with van der Waals surface area (Å²) in [6, 6.07) is 0. The van der Waals surface area contributed by atoms with Crippen molar-refractivity contribution in [3.63, 3.8) is 0 Å². The van der Waals surface area contributed by atoms with Gasteiger partial charge in [0.1, 0.15) is 10.7 Å². The van der Waals surface area contributed by atoms with Gasteiger partial charge in [-0.25, -0.2) is 35.5 Å². The second-order valence-electron chi connectivity index (χ2n) is 7.75. The van der Waals surface area contributed by atoms with Crippen molar-refractivity contribution in [3.05, 3.63) is 61.5 Å². The van der Waals surface area contributed by atoms with Crippen LogP contribution in [-0.4, -0.2) is 45.3 Å². The van der Waals surface area contributed by atoms with E-state index in [1.165, 1.54) is 0 Å². The number of hydrogen-bond acceptors (Lipinski definition) is 2. The molecular weight excluding hydrogens is 637 g/mol. The predicted molar refractivity (Wildman–Crippen MR) is 91.3 cm³/mol. The molecule has 1 aromatic carbocycles. The number of nitrogens with zero attached hydrogens (tertiary/aromatic N) is 1. The molecule has 1 aliphatic carbocycles. The van der Waals surface area contributed by atoms with Gasteiger partial charge in [0.25, 0.3) is 11.2 Å². The van der Waals surface area contributed by atoms with Gasteiger partial charge in [-0.05, 0) is 0 Å². The van der Waals surface area contributed by atoms with Crippen LogP contribution in [0.15, 0.2) is 4.79 Å². The fraction of sp³-hybridized carbons (Fsp3) is 0.333. The summed E-state index contributed by atoms with van der Waals surface area (Å²) in [4.78, 5) is 23.7. The summed E-state index contributed by atoms with van der Waals surface area (Å²) in [6.07, 6.45) is 0. The van der Waals surface area contributed by atoms with Crippen molar-refractivity contribution < 1.29 is 84.5 Å². The number of carbonyl (C=O) groups is 1. The maximum absolute atomic E-state index is 15.8. The van der Waals surface area contributed by atoms with E-state index in [4.69, 9.17) is 16.7 Å². The molecule has 0 amide bonds. The van der Waals surface area contributed by atoms with Gasteiger partial charge in [-0.1, -0.05) is 11.6 Å². The number of halogens is 18. The van der Waals surface area contributed by atoms with E-state index in [-0.39, 0.29) is 0 Å². The Kier molecular flexibility index (Phi) is 6.55. The number of rotatable bonds is 3. The Hall–Kier alpha value is -3.26. The van der Waals surface area contributed by atoms with E-state index in [1.807, 2.05) is 0 Å². The van der Waals surface area contributed by atoms with Crippen LogP contribution >= 0.6 is 11.6 Å². The Morgan fingerprint density at radius 3 is 1.27 bits per heavy atom. The quantitative estimate of drug-likeness (QED) is 0.242. The van der Waals surface area contributed by atoms with Gasteiger partial charge in [-0.15, -0.1) is 0 Å². The molecule has 1 saturated carbocycles. The van der Waals surface area contributed by atoms with E-state index in [1.54, 1.807) is 0 Å². The normalized spacial score (nSPS) is 21.8. The number of alkyl halides is 11. The van der Waals surface area contributed by atoms with Gasteiger partial charge in [0.05, 0.1) is 5.69 Å². The molecule has 1 aromatic heterocycles. The molecule has 1 fully saturated rings. The van der Waals surface area contributed by atoms with Crippen LogP contribution in [-0.2, 0) is 5.67 Å². The number of benzene rings is 1. The minimum Gasteiger partial charge on any atom is -0.477 e. The van der Waals surface area contributed by atoms with Gasteiger partial charge >= 0.3 is 35.6 Å². The highest BCUT2D eigenvalue weighted by atomic mass is 35.5. The third-order valence-electron chi connectivity index (χ3n) is 5.65. The molecule has 0 spiro atoms. The largest absolute Gasteiger partial charge is 0.477 e. The molecule has 3 rings (SSSR count). The third kappa shape index (κ3) is 3.11. The summed E-state index contributed by atoms with van der Waals surface area (Å²) < 4.78 is 240. The molecule has 1 N–H and O–H groups in total. The van der Waals surface area contributed by atoms with Crippen LogP contribution in [0.4, 0.5) is 74.6 Å². The van der Waals surface area contributed by atoms with Crippen molar-refractivity contribution in [2.24, 2.45) is 0 Å². The first-order valence-electron chi connectivity index (χ1n) is 9.20. The SMILES string of the molecule is O=C(O)c1c(F)c(Cl)c(C2(F)C(F)(F)C(F)(F)C(F)(F)C(F)(F)C2(F)F)n(-c2c(F)c(F)c(F)c(F)c2F)c1=O. The molecule has 0 radical (unpaired) electrons. The zero-order chi connectivity index (χ0) is 31.5. The van der Waals surface area contributed by atoms with Gasteiger partial charge in [-0.2, -0.15) is 43.9 Å². The van der Waals surface area contributed by atoms with Crippen molar-refractivity contribution in [1.82, 2.24) is 4.57 Å². The van der Waals surface area contributed by atoms with Crippen molar-refractivity contribution in [2.75, 3.05) is 0 Å². The molecule has 1 heterocycles. The van der Waals surface area contributed by atoms with Crippen LogP contribution in [0.3, 0.4) is 0 Å². The second-order valence-corrected chi connectivity index (χ2v) is 8.12. The van der Waals surface area contributed by atoms with E-state index in [9.17, 15) is 79.8 Å². The number of carboxylic acid groups (broad SMARTS) is 1. The van der Waals surface area contributed by atoms with Gasteiger partial charge in [0.2, 0.25) is 5.82 Å². The average Bonchev–Trinajstić information content (AvgIpc) is 2.82. The molecule has 222 valence electrons. The van der Waals surface area contributed by atoms with Gasteiger partial charge in [0.15, 0.2) is 34.6 Å². The van der Waals surface area contributed by atoms with Crippen LogP contribution in [0.5, 0.6) is 0 Å². The summed E-state index contributed by atoms with van der Waals surface area (Å²) in [5.74, 6) is -63.2. The first-order chi connectivity index (χ1) is 17.7. The van der Waals surface area contributed by atoms with E-state index in [2.05, 4.69) is 0 Å². The highest BCUT2D eigenvalue weighted by Crippen LogP contribution is 2.72. The lowest BCUT2D eigenvalue weighted by Gasteiger charge is -2.52. The first kappa shape index (κ1) is 31.3. The van der Waals surface area contributed by atoms with Crippen molar-refractivity contribution in [1.29, 1.82) is 0 Å². The Labute approximate surface area is 210 Å². The number of hydrogen-bond donors (Lipinski definition) is 1. The van der Waals surface area contributed by atoms with Crippen LogP contribution in [0.1, 0.15) is 16.1 Å². The number of aromatic carboxylic acids is 1. The molecule has 1 aliphatic rings. The molecule has 0 unspecified atom stereocenters. The molecule has 2 aromatic rings. The molecular formula is C18HClF17NO3. The number of pyridine rings is 1. The van der Waals surface area contributed by atoms with Crippen LogP contribution in [0.25, 0.3) is 5.69 Å². The van der Waals surface area contributed by atoms with E-state index in [0.717, 1.165) is 0 Å². The highest BCUT2D eigenvalue weighted by Gasteiger charge is 3.02. The van der Waals surface area contributed by atoms with Gasteiger partial charge in [0, 0.05) is 0 Å². The predicted octanol–water partition coefficient (Wildman–Crippen LogP) is 6.38. The van der Waals surface area contributed by atoms with Crippen LogP contribution < -0.4 is 5.56 Å². The van der Waals surface area contributed by atoms with Crippen LogP contribution in [0, 0.1) is 34.9 Å². The van der Waals surface area contributed by atoms with Crippen molar-refractivity contribution >= 4 is 17.6 Å². The monoisotopic (exact) mass is 637 g/mol. The minimum atomic E-state index is -8.03.